The van der Waals surface area contributed by atoms with Gasteiger partial charge in [0.2, 0.25) is 0 Å². The van der Waals surface area contributed by atoms with E-state index in [9.17, 15) is 18.4 Å². The summed E-state index contributed by atoms with van der Waals surface area (Å²) in [5, 5.41) is 12.8. The number of carbonyl (C=O) groups is 2. The third-order valence-corrected chi connectivity index (χ3v) is 2.67. The lowest BCUT2D eigenvalue weighted by atomic mass is 10.2. The molecule has 0 spiro atoms. The number of aliphatic carboxylic acids is 1. The van der Waals surface area contributed by atoms with Gasteiger partial charge in [-0.2, -0.15) is 0 Å². The van der Waals surface area contributed by atoms with Gasteiger partial charge in [-0.1, -0.05) is 11.6 Å². The minimum absolute atomic E-state index is 0.0346. The molecule has 0 aliphatic rings. The smallest absolute Gasteiger partial charge is 0.315 e. The van der Waals surface area contributed by atoms with Crippen molar-refractivity contribution in [1.29, 1.82) is 0 Å². The monoisotopic (exact) mass is 306 g/mol. The van der Waals surface area contributed by atoms with E-state index in [2.05, 4.69) is 10.6 Å². The summed E-state index contributed by atoms with van der Waals surface area (Å²) < 4.78 is 26.5. The fraction of sp³-hybridized carbons (Fsp3) is 0.333. The number of benzene rings is 1. The number of hydrogen-bond acceptors (Lipinski definition) is 2. The van der Waals surface area contributed by atoms with Gasteiger partial charge >= 0.3 is 12.0 Å². The van der Waals surface area contributed by atoms with Gasteiger partial charge in [-0.25, -0.2) is 13.6 Å². The predicted molar refractivity (Wildman–Crippen MR) is 68.5 cm³/mol. The first kappa shape index (κ1) is 16.2. The molecule has 5 nitrogen and oxygen atoms in total. The molecule has 0 atom stereocenters. The second-order valence-electron chi connectivity index (χ2n) is 3.96. The van der Waals surface area contributed by atoms with Crippen LogP contribution < -0.4 is 10.6 Å². The lowest BCUT2D eigenvalue weighted by Crippen LogP contribution is -2.35. The van der Waals surface area contributed by atoms with Crippen LogP contribution in [-0.2, 0) is 11.3 Å². The van der Waals surface area contributed by atoms with Crippen LogP contribution in [0.3, 0.4) is 0 Å². The van der Waals surface area contributed by atoms with E-state index < -0.39 is 23.6 Å². The van der Waals surface area contributed by atoms with Crippen molar-refractivity contribution >= 4 is 23.6 Å². The first-order valence-corrected chi connectivity index (χ1v) is 6.15. The van der Waals surface area contributed by atoms with Gasteiger partial charge in [-0.3, -0.25) is 4.79 Å². The van der Waals surface area contributed by atoms with E-state index in [1.165, 1.54) is 0 Å². The van der Waals surface area contributed by atoms with Gasteiger partial charge in [0.15, 0.2) is 0 Å². The highest BCUT2D eigenvalue weighted by atomic mass is 35.5. The lowest BCUT2D eigenvalue weighted by molar-refractivity contribution is -0.137. The van der Waals surface area contributed by atoms with E-state index >= 15 is 0 Å². The summed E-state index contributed by atoms with van der Waals surface area (Å²) in [7, 11) is 0. The number of amides is 2. The Morgan fingerprint density at radius 3 is 2.55 bits per heavy atom. The van der Waals surface area contributed by atoms with Crippen LogP contribution >= 0.6 is 11.6 Å². The zero-order valence-electron chi connectivity index (χ0n) is 10.4. The van der Waals surface area contributed by atoms with E-state index in [4.69, 9.17) is 16.7 Å². The van der Waals surface area contributed by atoms with Crippen LogP contribution in [0.15, 0.2) is 12.1 Å². The van der Waals surface area contributed by atoms with Crippen LogP contribution in [0.2, 0.25) is 5.02 Å². The SMILES string of the molecule is O=C(O)CCCNC(=O)NCc1cc(F)c(Cl)cc1F. The van der Waals surface area contributed by atoms with Gasteiger partial charge in [0.05, 0.1) is 5.02 Å². The van der Waals surface area contributed by atoms with Crippen LogP contribution in [0.5, 0.6) is 0 Å². The maximum absolute atomic E-state index is 13.4. The molecule has 0 saturated carbocycles. The Balaban J connectivity index is 2.37. The molecular weight excluding hydrogens is 294 g/mol. The highest BCUT2D eigenvalue weighted by Crippen LogP contribution is 2.19. The zero-order valence-corrected chi connectivity index (χ0v) is 11.1. The summed E-state index contributed by atoms with van der Waals surface area (Å²) in [5.74, 6) is -2.44. The van der Waals surface area contributed by atoms with Crippen LogP contribution in [0.25, 0.3) is 0 Å². The summed E-state index contributed by atoms with van der Waals surface area (Å²) in [6.07, 6.45) is 0.226. The van der Waals surface area contributed by atoms with Gasteiger partial charge in [-0.05, 0) is 18.6 Å². The standard InChI is InChI=1S/C12H13ClF2N2O3/c13-8-5-9(14)7(4-10(8)15)6-17-12(20)16-3-1-2-11(18)19/h4-5H,1-3,6H2,(H,18,19)(H2,16,17,20). The Bertz CT molecular complexity index is 512. The van der Waals surface area contributed by atoms with Gasteiger partial charge in [0, 0.05) is 25.1 Å². The van der Waals surface area contributed by atoms with E-state index in [0.717, 1.165) is 12.1 Å². The molecule has 0 saturated heterocycles. The summed E-state index contributed by atoms with van der Waals surface area (Å²) in [6.45, 7) is -0.0275. The number of halogens is 3. The van der Waals surface area contributed by atoms with Gasteiger partial charge in [0.25, 0.3) is 0 Å². The molecule has 20 heavy (non-hydrogen) atoms. The molecule has 0 radical (unpaired) electrons. The fourth-order valence-electron chi connectivity index (χ4n) is 1.38. The highest BCUT2D eigenvalue weighted by Gasteiger charge is 2.09. The molecule has 1 rings (SSSR count). The maximum Gasteiger partial charge on any atom is 0.315 e. The largest absolute Gasteiger partial charge is 0.481 e. The molecule has 8 heteroatoms. The Morgan fingerprint density at radius 2 is 1.90 bits per heavy atom. The molecule has 0 bridgehead atoms. The highest BCUT2D eigenvalue weighted by molar-refractivity contribution is 6.30. The zero-order chi connectivity index (χ0) is 15.1. The average Bonchev–Trinajstić information content (AvgIpc) is 2.37. The molecule has 0 heterocycles. The Hall–Kier alpha value is -1.89. The van der Waals surface area contributed by atoms with Crippen molar-refractivity contribution in [3.63, 3.8) is 0 Å². The minimum atomic E-state index is -0.953. The molecule has 0 unspecified atom stereocenters. The topological polar surface area (TPSA) is 78.4 Å². The predicted octanol–water partition coefficient (Wildman–Crippen LogP) is 2.28. The third kappa shape index (κ3) is 5.40. The molecule has 1 aromatic carbocycles. The summed E-state index contributed by atoms with van der Waals surface area (Å²) in [6, 6.07) is 1.14. The number of carboxylic acid groups (broad SMARTS) is 1. The van der Waals surface area contributed by atoms with Crippen molar-refractivity contribution < 1.29 is 23.5 Å². The number of hydrogen-bond donors (Lipinski definition) is 3. The van der Waals surface area contributed by atoms with Crippen molar-refractivity contribution in [1.82, 2.24) is 10.6 Å². The first-order valence-electron chi connectivity index (χ1n) is 5.77. The summed E-state index contributed by atoms with van der Waals surface area (Å²) >= 11 is 5.40. The molecular formula is C12H13ClF2N2O3. The van der Waals surface area contributed by atoms with Crippen LogP contribution in [0, 0.1) is 11.6 Å². The molecule has 2 amide bonds. The van der Waals surface area contributed by atoms with E-state index in [0.29, 0.717) is 0 Å². The number of nitrogens with one attached hydrogen (secondary N) is 2. The molecule has 0 aromatic heterocycles. The minimum Gasteiger partial charge on any atom is -0.481 e. The second-order valence-corrected chi connectivity index (χ2v) is 4.37. The van der Waals surface area contributed by atoms with Gasteiger partial charge in [0.1, 0.15) is 11.6 Å². The molecule has 1 aromatic rings. The van der Waals surface area contributed by atoms with Gasteiger partial charge < -0.3 is 15.7 Å². The molecule has 110 valence electrons. The third-order valence-electron chi connectivity index (χ3n) is 2.38. The van der Waals surface area contributed by atoms with Crippen molar-refractivity contribution in [2.45, 2.75) is 19.4 Å². The van der Waals surface area contributed by atoms with E-state index in [1.807, 2.05) is 0 Å². The quantitative estimate of drug-likeness (QED) is 0.557. The molecule has 0 aliphatic carbocycles. The summed E-state index contributed by atoms with van der Waals surface area (Å²) in [4.78, 5) is 21.5. The normalized spacial score (nSPS) is 10.2. The fourth-order valence-corrected chi connectivity index (χ4v) is 1.53. The number of carboxylic acids is 1. The second kappa shape index (κ2) is 7.64. The number of carbonyl (C=O) groups excluding carboxylic acids is 1. The Labute approximate surface area is 118 Å². The van der Waals surface area contributed by atoms with E-state index in [-0.39, 0.29) is 36.5 Å². The van der Waals surface area contributed by atoms with Crippen molar-refractivity contribution in [3.8, 4) is 0 Å². The van der Waals surface area contributed by atoms with Crippen molar-refractivity contribution in [2.75, 3.05) is 6.54 Å². The molecule has 0 aliphatic heterocycles. The van der Waals surface area contributed by atoms with Crippen LogP contribution in [-0.4, -0.2) is 23.7 Å². The van der Waals surface area contributed by atoms with Gasteiger partial charge in [-0.15, -0.1) is 0 Å². The Morgan fingerprint density at radius 1 is 1.20 bits per heavy atom. The van der Waals surface area contributed by atoms with Crippen LogP contribution in [0.4, 0.5) is 13.6 Å². The lowest BCUT2D eigenvalue weighted by Gasteiger charge is -2.08. The van der Waals surface area contributed by atoms with Crippen molar-refractivity contribution in [2.24, 2.45) is 0 Å². The average molecular weight is 307 g/mol. The van der Waals surface area contributed by atoms with E-state index in [1.54, 1.807) is 0 Å². The Kier molecular flexibility index (Phi) is 6.17. The first-order chi connectivity index (χ1) is 9.40. The number of urea groups is 1. The summed E-state index contributed by atoms with van der Waals surface area (Å²) in [5.41, 5.74) is -0.0346. The van der Waals surface area contributed by atoms with Crippen molar-refractivity contribution in [3.05, 3.63) is 34.4 Å². The maximum atomic E-state index is 13.4. The van der Waals surface area contributed by atoms with Crippen LogP contribution in [0.1, 0.15) is 18.4 Å². The molecule has 0 fully saturated rings. The molecule has 3 N–H and O–H groups in total. The number of rotatable bonds is 6.